The highest BCUT2D eigenvalue weighted by molar-refractivity contribution is 5.21. The van der Waals surface area contributed by atoms with Crippen molar-refractivity contribution in [1.29, 1.82) is 0 Å². The van der Waals surface area contributed by atoms with Crippen molar-refractivity contribution in [3.05, 3.63) is 0 Å². The molecule has 56 heavy (non-hydrogen) atoms. The van der Waals surface area contributed by atoms with E-state index in [4.69, 9.17) is 23.7 Å². The number of hydrogen-bond acceptors (Lipinski definition) is 14. The van der Waals surface area contributed by atoms with Crippen molar-refractivity contribution in [2.75, 3.05) is 6.61 Å². The highest BCUT2D eigenvalue weighted by atomic mass is 16.8. The molecule has 0 bridgehead atoms. The Morgan fingerprint density at radius 3 is 1.98 bits per heavy atom. The van der Waals surface area contributed by atoms with E-state index in [0.29, 0.717) is 19.3 Å². The summed E-state index contributed by atoms with van der Waals surface area (Å²) in [4.78, 5) is 0. The van der Waals surface area contributed by atoms with Gasteiger partial charge in [0.15, 0.2) is 12.6 Å². The number of fused-ring (bicyclic) bond motifs is 5. The van der Waals surface area contributed by atoms with Crippen LogP contribution in [0.4, 0.5) is 0 Å². The van der Waals surface area contributed by atoms with Crippen molar-refractivity contribution in [1.82, 2.24) is 0 Å². The van der Waals surface area contributed by atoms with E-state index in [1.54, 1.807) is 13.8 Å². The van der Waals surface area contributed by atoms with Crippen LogP contribution in [0.3, 0.4) is 0 Å². The van der Waals surface area contributed by atoms with Crippen molar-refractivity contribution in [3.63, 3.8) is 0 Å². The van der Waals surface area contributed by atoms with Crippen molar-refractivity contribution in [2.45, 2.75) is 211 Å². The molecule has 14 heteroatoms. The fraction of sp³-hybridized carbons (Fsp3) is 1.00. The minimum absolute atomic E-state index is 0.0185. The minimum atomic E-state index is -1.66. The molecule has 7 fully saturated rings. The zero-order valence-corrected chi connectivity index (χ0v) is 34.8. The Morgan fingerprint density at radius 2 is 1.36 bits per heavy atom. The number of ether oxygens (including phenoxy) is 5. The summed E-state index contributed by atoms with van der Waals surface area (Å²) in [5, 5.41) is 97.8. The van der Waals surface area contributed by atoms with Gasteiger partial charge in [0.25, 0.3) is 0 Å². The maximum Gasteiger partial charge on any atom is 0.187 e. The summed E-state index contributed by atoms with van der Waals surface area (Å²) in [7, 11) is 0. The smallest absolute Gasteiger partial charge is 0.187 e. The molecule has 3 saturated heterocycles. The molecular formula is C42H72O14. The van der Waals surface area contributed by atoms with E-state index in [-0.39, 0.29) is 39.9 Å². The topological polar surface area (TPSA) is 228 Å². The van der Waals surface area contributed by atoms with E-state index in [1.165, 1.54) is 6.92 Å². The molecular weight excluding hydrogens is 728 g/mol. The molecule has 22 unspecified atom stereocenters. The molecule has 0 aromatic rings. The largest absolute Gasteiger partial charge is 0.394 e. The first-order valence-electron chi connectivity index (χ1n) is 21.2. The molecule has 7 rings (SSSR count). The molecule has 3 heterocycles. The second-order valence-corrected chi connectivity index (χ2v) is 21.2. The van der Waals surface area contributed by atoms with Gasteiger partial charge < -0.3 is 69.6 Å². The number of rotatable bonds is 7. The number of aliphatic hydroxyl groups excluding tert-OH is 8. The van der Waals surface area contributed by atoms with Gasteiger partial charge in [-0.25, -0.2) is 0 Å². The number of hydrogen-bond donors (Lipinski definition) is 9. The van der Waals surface area contributed by atoms with Crippen LogP contribution in [0.25, 0.3) is 0 Å². The van der Waals surface area contributed by atoms with Crippen LogP contribution in [0.15, 0.2) is 0 Å². The van der Waals surface area contributed by atoms with Crippen LogP contribution >= 0.6 is 0 Å². The molecule has 324 valence electrons. The average Bonchev–Trinajstić information content (AvgIpc) is 3.66. The Balaban J connectivity index is 1.12. The molecule has 9 N–H and O–H groups in total. The lowest BCUT2D eigenvalue weighted by Crippen LogP contribution is -2.67. The Labute approximate surface area is 331 Å². The average molecular weight is 801 g/mol. The molecule has 0 spiro atoms. The predicted molar refractivity (Wildman–Crippen MR) is 200 cm³/mol. The SMILES string of the molecule is CC1OC(OC2C(OC3CCC4(C)C(CCC5(C)C4CC(O)C4C(C6(C)CC(O)C(C(C)(C)O)O6)CCC45C)C3(C)C)OC(CO)C(O)C2O)C(O)C(O)C1O. The third kappa shape index (κ3) is 6.49. The molecule has 0 radical (unpaired) electrons. The first-order chi connectivity index (χ1) is 25.9. The normalized spacial score (nSPS) is 57.3. The van der Waals surface area contributed by atoms with Crippen LogP contribution in [-0.2, 0) is 23.7 Å². The van der Waals surface area contributed by atoms with Crippen molar-refractivity contribution in [3.8, 4) is 0 Å². The molecule has 4 saturated carbocycles. The van der Waals surface area contributed by atoms with Gasteiger partial charge in [0, 0.05) is 6.42 Å². The lowest BCUT2D eigenvalue weighted by atomic mass is 9.35. The van der Waals surface area contributed by atoms with Crippen LogP contribution in [0.5, 0.6) is 0 Å². The van der Waals surface area contributed by atoms with Crippen LogP contribution in [0.2, 0.25) is 0 Å². The second kappa shape index (κ2) is 14.5. The molecule has 0 aromatic heterocycles. The first-order valence-corrected chi connectivity index (χ1v) is 21.2. The Bertz CT molecular complexity index is 1430. The lowest BCUT2D eigenvalue weighted by Gasteiger charge is -2.70. The van der Waals surface area contributed by atoms with Gasteiger partial charge in [-0.2, -0.15) is 0 Å². The summed E-state index contributed by atoms with van der Waals surface area (Å²) in [5.41, 5.74) is -2.71. The van der Waals surface area contributed by atoms with E-state index >= 15 is 0 Å². The Morgan fingerprint density at radius 1 is 0.696 bits per heavy atom. The van der Waals surface area contributed by atoms with Gasteiger partial charge in [0.1, 0.15) is 48.8 Å². The summed E-state index contributed by atoms with van der Waals surface area (Å²) >= 11 is 0. The molecule has 14 nitrogen and oxygen atoms in total. The van der Waals surface area contributed by atoms with Crippen molar-refractivity contribution in [2.24, 2.45) is 45.3 Å². The summed E-state index contributed by atoms with van der Waals surface area (Å²) in [6, 6.07) is 0. The van der Waals surface area contributed by atoms with E-state index in [0.717, 1.165) is 32.1 Å². The maximum atomic E-state index is 12.3. The molecule has 4 aliphatic carbocycles. The standard InChI is InChI=1S/C42H72O14/c1-19-28(46)30(48)32(50)35(52-19)55-33-31(49)29(47)23(18-43)53-36(33)54-26-12-13-39(6)24(37(26,2)3)11-15-40(7)25(39)16-21(44)27-20(10-14-41(27,40)8)42(9)17-22(45)34(56-42)38(4,5)51/h19-36,43-51H,10-18H2,1-9H3. The highest BCUT2D eigenvalue weighted by Crippen LogP contribution is 2.76. The van der Waals surface area contributed by atoms with Gasteiger partial charge >= 0.3 is 0 Å². The fourth-order valence-electron chi connectivity index (χ4n) is 14.2. The van der Waals surface area contributed by atoms with Crippen LogP contribution in [-0.4, -0.2) is 150 Å². The third-order valence-electron chi connectivity index (χ3n) is 17.4. The van der Waals surface area contributed by atoms with E-state index in [2.05, 4.69) is 41.5 Å². The van der Waals surface area contributed by atoms with Crippen molar-refractivity contribution < 1.29 is 69.6 Å². The van der Waals surface area contributed by atoms with Crippen LogP contribution in [0, 0.1) is 45.3 Å². The van der Waals surface area contributed by atoms with Gasteiger partial charge in [-0.1, -0.05) is 34.6 Å². The highest BCUT2D eigenvalue weighted by Gasteiger charge is 2.72. The molecule has 3 aliphatic heterocycles. The molecule has 0 aromatic carbocycles. The molecule has 22 atom stereocenters. The third-order valence-corrected chi connectivity index (χ3v) is 17.4. The second-order valence-electron chi connectivity index (χ2n) is 21.2. The quantitative estimate of drug-likeness (QED) is 0.166. The Kier molecular flexibility index (Phi) is 11.3. The van der Waals surface area contributed by atoms with E-state index < -0.39 is 109 Å². The van der Waals surface area contributed by atoms with E-state index in [9.17, 15) is 46.0 Å². The van der Waals surface area contributed by atoms with Crippen LogP contribution < -0.4 is 0 Å². The zero-order chi connectivity index (χ0) is 41.3. The van der Waals surface area contributed by atoms with Gasteiger partial charge in [0.05, 0.1) is 42.2 Å². The summed E-state index contributed by atoms with van der Waals surface area (Å²) in [6.07, 6.45) is -10.1. The van der Waals surface area contributed by atoms with Crippen molar-refractivity contribution >= 4 is 0 Å². The minimum Gasteiger partial charge on any atom is -0.394 e. The summed E-state index contributed by atoms with van der Waals surface area (Å²) in [6.45, 7) is 18.0. The van der Waals surface area contributed by atoms with Gasteiger partial charge in [-0.05, 0) is 118 Å². The summed E-state index contributed by atoms with van der Waals surface area (Å²) < 4.78 is 31.2. The lowest BCUT2D eigenvalue weighted by molar-refractivity contribution is -0.376. The van der Waals surface area contributed by atoms with Gasteiger partial charge in [0.2, 0.25) is 0 Å². The van der Waals surface area contributed by atoms with E-state index in [1.807, 2.05) is 0 Å². The first kappa shape index (κ1) is 43.5. The molecule has 7 aliphatic rings. The zero-order valence-electron chi connectivity index (χ0n) is 34.8. The van der Waals surface area contributed by atoms with Crippen LogP contribution in [0.1, 0.15) is 114 Å². The predicted octanol–water partition coefficient (Wildman–Crippen LogP) is 1.36. The summed E-state index contributed by atoms with van der Waals surface area (Å²) in [5.74, 6) is 0.410. The Hall–Kier alpha value is -0.560. The maximum absolute atomic E-state index is 12.3. The fourth-order valence-corrected chi connectivity index (χ4v) is 14.2. The van der Waals surface area contributed by atoms with Gasteiger partial charge in [-0.15, -0.1) is 0 Å². The molecule has 0 amide bonds. The number of aliphatic hydroxyl groups is 9. The van der Waals surface area contributed by atoms with Gasteiger partial charge in [-0.3, -0.25) is 0 Å². The monoisotopic (exact) mass is 800 g/mol.